The lowest BCUT2D eigenvalue weighted by Crippen LogP contribution is -2.45. The van der Waals surface area contributed by atoms with Crippen molar-refractivity contribution < 1.29 is 9.31 Å². The van der Waals surface area contributed by atoms with Crippen LogP contribution in [0.3, 0.4) is 0 Å². The van der Waals surface area contributed by atoms with Crippen molar-refractivity contribution in [3.8, 4) is 0 Å². The van der Waals surface area contributed by atoms with Crippen LogP contribution in [0.1, 0.15) is 34.1 Å². The lowest BCUT2D eigenvalue weighted by atomic mass is 9.80. The molecule has 0 amide bonds. The second kappa shape index (κ2) is 3.15. The van der Waals surface area contributed by atoms with Crippen LogP contribution in [-0.4, -0.2) is 18.8 Å². The first-order chi connectivity index (χ1) is 5.03. The summed E-state index contributed by atoms with van der Waals surface area (Å²) in [5, 5.41) is 0. The topological polar surface area (TPSA) is 18.5 Å². The van der Waals surface area contributed by atoms with E-state index < -0.39 is 0 Å². The summed E-state index contributed by atoms with van der Waals surface area (Å²) >= 11 is 0. The average Bonchev–Trinajstić information content (AvgIpc) is 1.83. The molecule has 1 unspecified atom stereocenters. The minimum atomic E-state index is -0.00164. The Balaban J connectivity index is 2.51. The molecule has 0 aromatic rings. The van der Waals surface area contributed by atoms with Gasteiger partial charge in [-0.2, -0.15) is 0 Å². The molecule has 0 radical (unpaired) electrons. The van der Waals surface area contributed by atoms with Crippen LogP contribution in [0.25, 0.3) is 0 Å². The summed E-state index contributed by atoms with van der Waals surface area (Å²) in [5.41, 5.74) is -0.00164. The Morgan fingerprint density at radius 1 is 1.55 bits per heavy atom. The Bertz CT molecular complexity index is 136. The molecule has 0 aliphatic carbocycles. The van der Waals surface area contributed by atoms with Gasteiger partial charge in [0.25, 0.3) is 0 Å². The molecule has 1 atom stereocenters. The Labute approximate surface area is 69.4 Å². The van der Waals surface area contributed by atoms with Crippen molar-refractivity contribution in [2.45, 2.75) is 52.1 Å². The molecule has 0 spiro atoms. The Hall–Kier alpha value is -0.0151. The fourth-order valence-corrected chi connectivity index (χ4v) is 1.61. The second-order valence-corrected chi connectivity index (χ2v) is 3.87. The highest BCUT2D eigenvalue weighted by molar-refractivity contribution is 6.44. The first kappa shape index (κ1) is 9.08. The Morgan fingerprint density at radius 3 is 2.64 bits per heavy atom. The molecule has 2 nitrogen and oxygen atoms in total. The molecule has 1 aliphatic heterocycles. The van der Waals surface area contributed by atoms with Crippen LogP contribution < -0.4 is 0 Å². The summed E-state index contributed by atoms with van der Waals surface area (Å²) in [4.78, 5) is 0. The van der Waals surface area contributed by atoms with E-state index in [4.69, 9.17) is 9.31 Å². The molecule has 1 fully saturated rings. The zero-order valence-corrected chi connectivity index (χ0v) is 7.89. The van der Waals surface area contributed by atoms with Crippen LogP contribution in [0, 0.1) is 0 Å². The standard InChI is InChI=1S/C8H17BO2/c1-5-9-10-7(2)6-8(3,4)11-9/h7H,5-6H2,1-4H3. The lowest BCUT2D eigenvalue weighted by Gasteiger charge is -2.37. The molecule has 11 heavy (non-hydrogen) atoms. The number of hydrogen-bond acceptors (Lipinski definition) is 2. The van der Waals surface area contributed by atoms with E-state index in [0.717, 1.165) is 12.7 Å². The average molecular weight is 156 g/mol. The van der Waals surface area contributed by atoms with E-state index in [0.29, 0.717) is 6.10 Å². The van der Waals surface area contributed by atoms with Crippen LogP contribution in [0.15, 0.2) is 0 Å². The smallest absolute Gasteiger partial charge is 0.409 e. The van der Waals surface area contributed by atoms with Crippen molar-refractivity contribution in [3.05, 3.63) is 0 Å². The van der Waals surface area contributed by atoms with E-state index in [9.17, 15) is 0 Å². The highest BCUT2D eigenvalue weighted by atomic mass is 16.6. The molecule has 3 heteroatoms. The van der Waals surface area contributed by atoms with Gasteiger partial charge in [-0.3, -0.25) is 0 Å². The molecule has 0 bridgehead atoms. The quantitative estimate of drug-likeness (QED) is 0.541. The SMILES string of the molecule is CCB1OC(C)CC(C)(C)O1. The van der Waals surface area contributed by atoms with Gasteiger partial charge in [-0.05, 0) is 33.5 Å². The second-order valence-electron chi connectivity index (χ2n) is 3.87. The molecule has 1 saturated heterocycles. The first-order valence-corrected chi connectivity index (χ1v) is 4.37. The zero-order valence-electron chi connectivity index (χ0n) is 7.89. The van der Waals surface area contributed by atoms with Gasteiger partial charge >= 0.3 is 7.12 Å². The van der Waals surface area contributed by atoms with Crippen molar-refractivity contribution in [1.82, 2.24) is 0 Å². The first-order valence-electron chi connectivity index (χ1n) is 4.37. The maximum atomic E-state index is 5.67. The minimum absolute atomic E-state index is 0.00164. The molecular weight excluding hydrogens is 139 g/mol. The normalized spacial score (nSPS) is 30.5. The van der Waals surface area contributed by atoms with Crippen LogP contribution >= 0.6 is 0 Å². The molecular formula is C8H17BO2. The van der Waals surface area contributed by atoms with Gasteiger partial charge in [-0.1, -0.05) is 6.92 Å². The van der Waals surface area contributed by atoms with Gasteiger partial charge < -0.3 is 9.31 Å². The van der Waals surface area contributed by atoms with Gasteiger partial charge in [0.05, 0.1) is 5.60 Å². The van der Waals surface area contributed by atoms with Crippen LogP contribution in [0.2, 0.25) is 6.32 Å². The predicted molar refractivity (Wildman–Crippen MR) is 46.6 cm³/mol. The summed E-state index contributed by atoms with van der Waals surface area (Å²) in [6.07, 6.45) is 2.26. The zero-order chi connectivity index (χ0) is 8.48. The molecule has 1 aliphatic rings. The van der Waals surface area contributed by atoms with E-state index in [1.807, 2.05) is 0 Å². The summed E-state index contributed by atoms with van der Waals surface area (Å²) in [5.74, 6) is 0. The van der Waals surface area contributed by atoms with Crippen molar-refractivity contribution in [1.29, 1.82) is 0 Å². The van der Waals surface area contributed by atoms with Gasteiger partial charge in [0.1, 0.15) is 0 Å². The fraction of sp³-hybridized carbons (Fsp3) is 1.00. The third-order valence-electron chi connectivity index (χ3n) is 1.95. The summed E-state index contributed by atoms with van der Waals surface area (Å²) in [6, 6.07) is 0. The summed E-state index contributed by atoms with van der Waals surface area (Å²) < 4.78 is 11.2. The monoisotopic (exact) mass is 156 g/mol. The molecule has 0 N–H and O–H groups in total. The summed E-state index contributed by atoms with van der Waals surface area (Å²) in [7, 11) is 0.00810. The minimum Gasteiger partial charge on any atom is -0.409 e. The Kier molecular flexibility index (Phi) is 2.60. The van der Waals surface area contributed by atoms with Crippen molar-refractivity contribution in [3.63, 3.8) is 0 Å². The van der Waals surface area contributed by atoms with E-state index in [1.54, 1.807) is 0 Å². The third kappa shape index (κ3) is 2.49. The fourth-order valence-electron chi connectivity index (χ4n) is 1.61. The van der Waals surface area contributed by atoms with Crippen LogP contribution in [0.5, 0.6) is 0 Å². The molecule has 1 rings (SSSR count). The van der Waals surface area contributed by atoms with E-state index in [2.05, 4.69) is 27.7 Å². The lowest BCUT2D eigenvalue weighted by molar-refractivity contribution is -0.0283. The highest BCUT2D eigenvalue weighted by Crippen LogP contribution is 2.26. The van der Waals surface area contributed by atoms with Gasteiger partial charge in [0.15, 0.2) is 0 Å². The number of hydrogen-bond donors (Lipinski definition) is 0. The van der Waals surface area contributed by atoms with Gasteiger partial charge in [0, 0.05) is 6.10 Å². The van der Waals surface area contributed by atoms with E-state index in [-0.39, 0.29) is 12.7 Å². The van der Waals surface area contributed by atoms with Crippen molar-refractivity contribution in [2.75, 3.05) is 0 Å². The van der Waals surface area contributed by atoms with Crippen LogP contribution in [-0.2, 0) is 9.31 Å². The number of rotatable bonds is 1. The predicted octanol–water partition coefficient (Wildman–Crippen LogP) is 2.10. The molecule has 64 valence electrons. The summed E-state index contributed by atoms with van der Waals surface area (Å²) in [6.45, 7) is 8.43. The highest BCUT2D eigenvalue weighted by Gasteiger charge is 2.35. The molecule has 0 aromatic carbocycles. The molecule has 1 heterocycles. The van der Waals surface area contributed by atoms with Crippen LogP contribution in [0.4, 0.5) is 0 Å². The molecule has 0 aromatic heterocycles. The third-order valence-corrected chi connectivity index (χ3v) is 1.95. The van der Waals surface area contributed by atoms with Crippen molar-refractivity contribution >= 4 is 7.12 Å². The Morgan fingerprint density at radius 2 is 2.18 bits per heavy atom. The molecule has 0 saturated carbocycles. The van der Waals surface area contributed by atoms with Gasteiger partial charge in [-0.15, -0.1) is 0 Å². The van der Waals surface area contributed by atoms with Gasteiger partial charge in [-0.25, -0.2) is 0 Å². The largest absolute Gasteiger partial charge is 0.457 e. The van der Waals surface area contributed by atoms with Gasteiger partial charge in [0.2, 0.25) is 0 Å². The maximum absolute atomic E-state index is 5.67. The van der Waals surface area contributed by atoms with E-state index >= 15 is 0 Å². The van der Waals surface area contributed by atoms with E-state index in [1.165, 1.54) is 0 Å². The van der Waals surface area contributed by atoms with Crippen molar-refractivity contribution in [2.24, 2.45) is 0 Å². The maximum Gasteiger partial charge on any atom is 0.457 e.